The molecular formula is C13H11FN2O. The number of carbonyl (C=O) groups is 1. The Morgan fingerprint density at radius 3 is 3.00 bits per heavy atom. The van der Waals surface area contributed by atoms with Crippen LogP contribution in [0.3, 0.4) is 0 Å². The van der Waals surface area contributed by atoms with Gasteiger partial charge >= 0.3 is 0 Å². The summed E-state index contributed by atoms with van der Waals surface area (Å²) in [7, 11) is 0. The molecule has 0 bridgehead atoms. The highest BCUT2D eigenvalue weighted by Gasteiger charge is 1.91. The Morgan fingerprint density at radius 2 is 2.35 bits per heavy atom. The first-order chi connectivity index (χ1) is 8.26. The van der Waals surface area contributed by atoms with E-state index in [1.165, 1.54) is 24.4 Å². The molecule has 1 aromatic rings. The van der Waals surface area contributed by atoms with Crippen LogP contribution in [0.25, 0.3) is 0 Å². The summed E-state index contributed by atoms with van der Waals surface area (Å²) >= 11 is 0. The van der Waals surface area contributed by atoms with E-state index in [0.29, 0.717) is 11.8 Å². The third-order valence-corrected chi connectivity index (χ3v) is 1.72. The van der Waals surface area contributed by atoms with E-state index in [1.54, 1.807) is 12.1 Å². The lowest BCUT2D eigenvalue weighted by Crippen LogP contribution is -1.99. The minimum Gasteiger partial charge on any atom is -0.326 e. The number of rotatable bonds is 3. The van der Waals surface area contributed by atoms with E-state index < -0.39 is 0 Å². The van der Waals surface area contributed by atoms with Gasteiger partial charge < -0.3 is 5.73 Å². The molecule has 86 valence electrons. The first-order valence-corrected chi connectivity index (χ1v) is 4.92. The highest BCUT2D eigenvalue weighted by molar-refractivity contribution is 5.70. The van der Waals surface area contributed by atoms with Crippen molar-refractivity contribution < 1.29 is 9.18 Å². The Bertz CT molecular complexity index is 510. The highest BCUT2D eigenvalue weighted by Crippen LogP contribution is 2.02. The molecule has 0 saturated carbocycles. The van der Waals surface area contributed by atoms with Gasteiger partial charge in [0.1, 0.15) is 17.8 Å². The molecule has 0 aliphatic carbocycles. The fraction of sp³-hybridized carbons (Fsp3) is 0.0769. The third-order valence-electron chi connectivity index (χ3n) is 1.72. The van der Waals surface area contributed by atoms with Gasteiger partial charge in [-0.05, 0) is 24.1 Å². The van der Waals surface area contributed by atoms with Gasteiger partial charge in [-0.25, -0.2) is 4.39 Å². The van der Waals surface area contributed by atoms with Crippen LogP contribution in [0.1, 0.15) is 5.56 Å². The van der Waals surface area contributed by atoms with Gasteiger partial charge in [-0.1, -0.05) is 12.0 Å². The van der Waals surface area contributed by atoms with Crippen LogP contribution in [0.5, 0.6) is 0 Å². The second-order valence-electron chi connectivity index (χ2n) is 3.00. The predicted octanol–water partition coefficient (Wildman–Crippen LogP) is 1.29. The van der Waals surface area contributed by atoms with Crippen LogP contribution in [0.15, 0.2) is 41.0 Å². The molecule has 0 aliphatic heterocycles. The average Bonchev–Trinajstić information content (AvgIpc) is 2.33. The number of hydrogen-bond donors (Lipinski definition) is 1. The molecule has 0 aromatic heterocycles. The zero-order chi connectivity index (χ0) is 12.5. The maximum absolute atomic E-state index is 12.9. The largest absolute Gasteiger partial charge is 0.326 e. The lowest BCUT2D eigenvalue weighted by molar-refractivity contribution is -0.104. The summed E-state index contributed by atoms with van der Waals surface area (Å²) in [4.78, 5) is 14.2. The third kappa shape index (κ3) is 4.87. The summed E-state index contributed by atoms with van der Waals surface area (Å²) in [5.74, 6) is 5.01. The number of allylic oxidation sites excluding steroid dienone is 2. The molecule has 0 atom stereocenters. The smallest absolute Gasteiger partial charge is 0.145 e. The fourth-order valence-electron chi connectivity index (χ4n) is 1.03. The van der Waals surface area contributed by atoms with E-state index >= 15 is 0 Å². The lowest BCUT2D eigenvalue weighted by atomic mass is 10.2. The quantitative estimate of drug-likeness (QED) is 0.368. The van der Waals surface area contributed by atoms with Crippen molar-refractivity contribution in [3.05, 3.63) is 47.4 Å². The number of halogens is 1. The standard InChI is InChI=1S/C13H11FN2O/c14-12-3-1-2-11(10-12)4-5-13(6-9-17)16-8-7-15/h1-3,6,8-10H,7,15H2/b13-6?,16-8-. The summed E-state index contributed by atoms with van der Waals surface area (Å²) in [6.07, 6.45) is 3.25. The van der Waals surface area contributed by atoms with E-state index in [-0.39, 0.29) is 18.1 Å². The number of carbonyl (C=O) groups excluding carboxylic acids is 1. The summed E-state index contributed by atoms with van der Waals surface area (Å²) in [5.41, 5.74) is 6.04. The van der Waals surface area contributed by atoms with Crippen molar-refractivity contribution in [2.45, 2.75) is 0 Å². The Balaban J connectivity index is 2.91. The van der Waals surface area contributed by atoms with Crippen molar-refractivity contribution in [2.75, 3.05) is 6.54 Å². The van der Waals surface area contributed by atoms with Crippen LogP contribution in [0.2, 0.25) is 0 Å². The van der Waals surface area contributed by atoms with Gasteiger partial charge in [0, 0.05) is 24.4 Å². The number of hydrogen-bond acceptors (Lipinski definition) is 3. The molecule has 0 aliphatic rings. The highest BCUT2D eigenvalue weighted by atomic mass is 19.1. The maximum atomic E-state index is 12.9. The molecule has 1 aromatic carbocycles. The first kappa shape index (κ1) is 12.8. The van der Waals surface area contributed by atoms with Crippen LogP contribution in [-0.2, 0) is 4.79 Å². The monoisotopic (exact) mass is 230 g/mol. The van der Waals surface area contributed by atoms with Crippen molar-refractivity contribution >= 4 is 12.5 Å². The van der Waals surface area contributed by atoms with E-state index in [0.717, 1.165) is 0 Å². The van der Waals surface area contributed by atoms with Gasteiger partial charge in [0.05, 0.1) is 0 Å². The normalized spacial score (nSPS) is 11.1. The van der Waals surface area contributed by atoms with E-state index in [2.05, 4.69) is 16.8 Å². The molecule has 17 heavy (non-hydrogen) atoms. The minimum atomic E-state index is -0.358. The topological polar surface area (TPSA) is 55.4 Å². The van der Waals surface area contributed by atoms with Crippen molar-refractivity contribution in [3.8, 4) is 11.8 Å². The van der Waals surface area contributed by atoms with Crippen LogP contribution >= 0.6 is 0 Å². The van der Waals surface area contributed by atoms with Crippen LogP contribution in [-0.4, -0.2) is 19.0 Å². The summed E-state index contributed by atoms with van der Waals surface area (Å²) < 4.78 is 12.9. The molecular weight excluding hydrogens is 219 g/mol. The number of aldehydes is 1. The summed E-state index contributed by atoms with van der Waals surface area (Å²) in [6, 6.07) is 5.87. The van der Waals surface area contributed by atoms with Crippen molar-refractivity contribution in [3.63, 3.8) is 0 Å². The molecule has 1 rings (SSSR count). The Morgan fingerprint density at radius 1 is 1.53 bits per heavy atom. The predicted molar refractivity (Wildman–Crippen MR) is 65.0 cm³/mol. The van der Waals surface area contributed by atoms with Gasteiger partial charge in [-0.15, -0.1) is 0 Å². The van der Waals surface area contributed by atoms with Crippen LogP contribution in [0.4, 0.5) is 4.39 Å². The zero-order valence-corrected chi connectivity index (χ0v) is 9.06. The number of nitrogens with zero attached hydrogens (tertiary/aromatic N) is 1. The van der Waals surface area contributed by atoms with Crippen molar-refractivity contribution in [2.24, 2.45) is 10.7 Å². The van der Waals surface area contributed by atoms with E-state index in [4.69, 9.17) is 5.73 Å². The van der Waals surface area contributed by atoms with Gasteiger partial charge in [0.15, 0.2) is 0 Å². The molecule has 0 spiro atoms. The molecule has 0 amide bonds. The van der Waals surface area contributed by atoms with Gasteiger partial charge in [0.2, 0.25) is 0 Å². The van der Waals surface area contributed by atoms with Crippen LogP contribution in [0, 0.1) is 17.7 Å². The number of aliphatic imine (C=N–C) groups is 1. The molecule has 2 N–H and O–H groups in total. The molecule has 0 fully saturated rings. The van der Waals surface area contributed by atoms with Crippen molar-refractivity contribution in [1.82, 2.24) is 0 Å². The van der Waals surface area contributed by atoms with Crippen molar-refractivity contribution in [1.29, 1.82) is 0 Å². The fourth-order valence-corrected chi connectivity index (χ4v) is 1.03. The Labute approximate surface area is 98.9 Å². The minimum absolute atomic E-state index is 0.262. The second-order valence-corrected chi connectivity index (χ2v) is 3.00. The summed E-state index contributed by atoms with van der Waals surface area (Å²) in [6.45, 7) is 0.262. The number of nitrogens with two attached hydrogens (primary N) is 1. The first-order valence-electron chi connectivity index (χ1n) is 4.92. The van der Waals surface area contributed by atoms with Crippen LogP contribution < -0.4 is 5.73 Å². The lowest BCUT2D eigenvalue weighted by Gasteiger charge is -1.90. The molecule has 0 radical (unpaired) electrons. The molecule has 4 heteroatoms. The van der Waals surface area contributed by atoms with Gasteiger partial charge in [0.25, 0.3) is 0 Å². The Kier molecular flexibility index (Phi) is 5.35. The molecule has 0 heterocycles. The van der Waals surface area contributed by atoms with E-state index in [1.807, 2.05) is 0 Å². The molecule has 0 unspecified atom stereocenters. The SMILES string of the molecule is NC/C=N\C(C#Cc1cccc(F)c1)=CC=O. The van der Waals surface area contributed by atoms with Gasteiger partial charge in [-0.2, -0.15) is 0 Å². The Hall–Kier alpha value is -2.25. The number of benzene rings is 1. The molecule has 0 saturated heterocycles. The molecule has 3 nitrogen and oxygen atoms in total. The average molecular weight is 230 g/mol. The maximum Gasteiger partial charge on any atom is 0.145 e. The van der Waals surface area contributed by atoms with E-state index in [9.17, 15) is 9.18 Å². The zero-order valence-electron chi connectivity index (χ0n) is 9.06. The van der Waals surface area contributed by atoms with Gasteiger partial charge in [-0.3, -0.25) is 9.79 Å². The second kappa shape index (κ2) is 7.09. The summed E-state index contributed by atoms with van der Waals surface area (Å²) in [5, 5.41) is 0.